The first-order chi connectivity index (χ1) is 20.8. The zero-order chi connectivity index (χ0) is 32.6. The number of carbonyl (C=O) groups is 3. The third-order valence-corrected chi connectivity index (χ3v) is 8.81. The van der Waals surface area contributed by atoms with E-state index in [2.05, 4.69) is 41.6 Å². The Bertz CT molecular complexity index is 1410. The number of carbonyl (C=O) groups excluding carboxylic acids is 3. The first kappa shape index (κ1) is 35.2. The van der Waals surface area contributed by atoms with E-state index >= 15 is 0 Å². The Labute approximate surface area is 270 Å². The molecule has 1 aliphatic carbocycles. The highest BCUT2D eigenvalue weighted by Crippen LogP contribution is 2.49. The van der Waals surface area contributed by atoms with Crippen molar-refractivity contribution in [2.24, 2.45) is 17.3 Å². The molecule has 0 spiro atoms. The monoisotopic (exact) mass is 664 g/mol. The molecular formula is C37H45BrO6. The van der Waals surface area contributed by atoms with E-state index in [1.165, 1.54) is 0 Å². The van der Waals surface area contributed by atoms with Crippen LogP contribution in [0.2, 0.25) is 0 Å². The number of esters is 1. The smallest absolute Gasteiger partial charge is 0.338 e. The molecule has 0 heterocycles. The van der Waals surface area contributed by atoms with E-state index < -0.39 is 23.4 Å². The van der Waals surface area contributed by atoms with Gasteiger partial charge in [-0.25, -0.2) is 4.79 Å². The lowest BCUT2D eigenvalue weighted by molar-refractivity contribution is -0.146. The minimum absolute atomic E-state index is 0.0172. The molecule has 0 radical (unpaired) electrons. The molecule has 7 heteroatoms. The Morgan fingerprint density at radius 3 is 2.16 bits per heavy atom. The molecule has 6 nitrogen and oxygen atoms in total. The predicted octanol–water partition coefficient (Wildman–Crippen LogP) is 8.88. The molecule has 0 amide bonds. The van der Waals surface area contributed by atoms with Crippen LogP contribution < -0.4 is 4.74 Å². The van der Waals surface area contributed by atoms with Gasteiger partial charge in [0, 0.05) is 22.6 Å². The zero-order valence-electron chi connectivity index (χ0n) is 27.0. The van der Waals surface area contributed by atoms with Gasteiger partial charge in [-0.1, -0.05) is 64.9 Å². The van der Waals surface area contributed by atoms with E-state index in [1.54, 1.807) is 49.6 Å². The summed E-state index contributed by atoms with van der Waals surface area (Å²) in [6.45, 7) is 15.9. The van der Waals surface area contributed by atoms with Gasteiger partial charge in [0.2, 0.25) is 0 Å². The molecule has 3 rings (SSSR count). The normalized spacial score (nSPS) is 19.1. The van der Waals surface area contributed by atoms with Crippen molar-refractivity contribution in [3.8, 4) is 5.75 Å². The fourth-order valence-electron chi connectivity index (χ4n) is 5.68. The number of methoxy groups -OCH3 is 1. The van der Waals surface area contributed by atoms with Gasteiger partial charge in [-0.3, -0.25) is 9.59 Å². The standard InChI is InChI=1S/C37H45BrO6/c1-23(2)16-18-37(19-17-24(3)4)26(7)20-31(42-8)33(35(37)40)34(39)32-28(10-9-11-30(32)43-21-25(5)6)22-44-36(41)27-12-14-29(38)15-13-27/h9-17,26,31,33H,5,18-22H2,1-4,6-8H3. The Morgan fingerprint density at radius 2 is 1.61 bits per heavy atom. The number of halogens is 1. The summed E-state index contributed by atoms with van der Waals surface area (Å²) in [4.78, 5) is 42.3. The number of rotatable bonds is 13. The second-order valence-electron chi connectivity index (χ2n) is 12.4. The van der Waals surface area contributed by atoms with Gasteiger partial charge < -0.3 is 14.2 Å². The van der Waals surface area contributed by atoms with Gasteiger partial charge in [0.1, 0.15) is 24.9 Å². The number of Topliss-reactive ketones (excluding diaryl/α,β-unsaturated/α-hetero) is 2. The molecule has 0 saturated heterocycles. The third-order valence-electron chi connectivity index (χ3n) is 8.28. The summed E-state index contributed by atoms with van der Waals surface area (Å²) in [5, 5.41) is 0. The maximum Gasteiger partial charge on any atom is 0.338 e. The van der Waals surface area contributed by atoms with Gasteiger partial charge in [-0.15, -0.1) is 0 Å². The molecular weight excluding hydrogens is 620 g/mol. The summed E-state index contributed by atoms with van der Waals surface area (Å²) in [5.41, 5.74) is 3.31. The van der Waals surface area contributed by atoms with Crippen LogP contribution in [-0.4, -0.2) is 37.4 Å². The number of allylic oxidation sites excluding steroid dienone is 4. The van der Waals surface area contributed by atoms with E-state index in [1.807, 2.05) is 34.6 Å². The number of ketones is 2. The summed E-state index contributed by atoms with van der Waals surface area (Å²) in [7, 11) is 1.55. The molecule has 0 aliphatic heterocycles. The molecule has 0 bridgehead atoms. The van der Waals surface area contributed by atoms with Gasteiger partial charge in [0.25, 0.3) is 0 Å². The SMILES string of the molecule is C=C(C)COc1cccc(COC(=O)c2ccc(Br)cc2)c1C(=O)C1C(=O)C(CC=C(C)C)(CC=C(C)C)C(C)CC1OC. The van der Waals surface area contributed by atoms with Crippen molar-refractivity contribution in [2.75, 3.05) is 13.7 Å². The van der Waals surface area contributed by atoms with Gasteiger partial charge in [-0.05, 0) is 95.7 Å². The van der Waals surface area contributed by atoms with Crippen molar-refractivity contribution in [2.45, 2.75) is 73.5 Å². The Morgan fingerprint density at radius 1 is 1.00 bits per heavy atom. The molecule has 2 aromatic carbocycles. The first-order valence-electron chi connectivity index (χ1n) is 15.0. The summed E-state index contributed by atoms with van der Waals surface area (Å²) in [6.07, 6.45) is 5.20. The summed E-state index contributed by atoms with van der Waals surface area (Å²) in [5.74, 6) is -1.80. The van der Waals surface area contributed by atoms with Crippen LogP contribution in [0.5, 0.6) is 5.75 Å². The van der Waals surface area contributed by atoms with Crippen molar-refractivity contribution in [1.29, 1.82) is 0 Å². The summed E-state index contributed by atoms with van der Waals surface area (Å²) in [6, 6.07) is 12.0. The molecule has 2 aromatic rings. The van der Waals surface area contributed by atoms with Gasteiger partial charge >= 0.3 is 5.97 Å². The van der Waals surface area contributed by atoms with Crippen molar-refractivity contribution >= 4 is 33.5 Å². The fraction of sp³-hybridized carbons (Fsp3) is 0.432. The minimum atomic E-state index is -1.05. The van der Waals surface area contributed by atoms with Crippen molar-refractivity contribution in [3.05, 3.63) is 99.1 Å². The summed E-state index contributed by atoms with van der Waals surface area (Å²) >= 11 is 3.37. The molecule has 1 aliphatic rings. The Balaban J connectivity index is 2.10. The van der Waals surface area contributed by atoms with Crippen LogP contribution in [-0.2, 0) is 20.9 Å². The molecule has 1 fully saturated rings. The molecule has 3 unspecified atom stereocenters. The quantitative estimate of drug-likeness (QED) is 0.0921. The van der Waals surface area contributed by atoms with Crippen LogP contribution in [0.3, 0.4) is 0 Å². The molecule has 3 atom stereocenters. The van der Waals surface area contributed by atoms with Gasteiger partial charge in [0.05, 0.1) is 17.2 Å². The molecule has 0 N–H and O–H groups in total. The van der Waals surface area contributed by atoms with Gasteiger partial charge in [0.15, 0.2) is 11.6 Å². The largest absolute Gasteiger partial charge is 0.489 e. The van der Waals surface area contributed by atoms with Crippen LogP contribution in [0.25, 0.3) is 0 Å². The highest BCUT2D eigenvalue weighted by Gasteiger charge is 2.54. The molecule has 44 heavy (non-hydrogen) atoms. The molecule has 0 aromatic heterocycles. The second-order valence-corrected chi connectivity index (χ2v) is 13.3. The lowest BCUT2D eigenvalue weighted by atomic mass is 9.57. The lowest BCUT2D eigenvalue weighted by Gasteiger charge is -2.46. The number of hydrogen-bond donors (Lipinski definition) is 0. The van der Waals surface area contributed by atoms with Crippen molar-refractivity contribution < 1.29 is 28.6 Å². The second kappa shape index (κ2) is 15.6. The fourth-order valence-corrected chi connectivity index (χ4v) is 5.94. The third kappa shape index (κ3) is 8.45. The van der Waals surface area contributed by atoms with E-state index in [0.29, 0.717) is 36.1 Å². The van der Waals surface area contributed by atoms with Crippen LogP contribution in [0.15, 0.2) is 82.4 Å². The van der Waals surface area contributed by atoms with Crippen LogP contribution in [0, 0.1) is 17.3 Å². The van der Waals surface area contributed by atoms with Crippen molar-refractivity contribution in [1.82, 2.24) is 0 Å². The van der Waals surface area contributed by atoms with E-state index in [4.69, 9.17) is 14.2 Å². The molecule has 1 saturated carbocycles. The van der Waals surface area contributed by atoms with E-state index in [-0.39, 0.29) is 36.3 Å². The van der Waals surface area contributed by atoms with Crippen LogP contribution >= 0.6 is 15.9 Å². The lowest BCUT2D eigenvalue weighted by Crippen LogP contribution is -2.54. The Kier molecular flexibility index (Phi) is 12.5. The van der Waals surface area contributed by atoms with E-state index in [0.717, 1.165) is 21.2 Å². The average Bonchev–Trinajstić information content (AvgIpc) is 2.98. The maximum atomic E-state index is 14.7. The van der Waals surface area contributed by atoms with E-state index in [9.17, 15) is 14.4 Å². The average molecular weight is 666 g/mol. The number of hydrogen-bond acceptors (Lipinski definition) is 6. The van der Waals surface area contributed by atoms with Gasteiger partial charge in [-0.2, -0.15) is 0 Å². The first-order valence-corrected chi connectivity index (χ1v) is 15.8. The zero-order valence-corrected chi connectivity index (χ0v) is 28.6. The number of benzene rings is 2. The van der Waals surface area contributed by atoms with Crippen molar-refractivity contribution in [3.63, 3.8) is 0 Å². The number of ether oxygens (including phenoxy) is 3. The minimum Gasteiger partial charge on any atom is -0.489 e. The summed E-state index contributed by atoms with van der Waals surface area (Å²) < 4.78 is 18.4. The molecule has 236 valence electrons. The van der Waals surface area contributed by atoms with Crippen LogP contribution in [0.4, 0.5) is 0 Å². The Hall–Kier alpha value is -3.29. The predicted molar refractivity (Wildman–Crippen MR) is 178 cm³/mol. The highest BCUT2D eigenvalue weighted by molar-refractivity contribution is 9.10. The highest BCUT2D eigenvalue weighted by atomic mass is 79.9. The van der Waals surface area contributed by atoms with Crippen LogP contribution in [0.1, 0.15) is 87.1 Å². The maximum absolute atomic E-state index is 14.7. The topological polar surface area (TPSA) is 78.9 Å².